The first kappa shape index (κ1) is 10.8. The Balaban J connectivity index is 3.50. The Kier molecular flexibility index (Phi) is 3.16. The van der Waals surface area contributed by atoms with Crippen molar-refractivity contribution in [1.82, 2.24) is 0 Å². The van der Waals surface area contributed by atoms with Crippen molar-refractivity contribution < 1.29 is 4.92 Å². The number of nitro groups is 1. The van der Waals surface area contributed by atoms with Crippen LogP contribution in [-0.2, 0) is 0 Å². The Morgan fingerprint density at radius 2 is 2.00 bits per heavy atom. The Morgan fingerprint density at radius 3 is 2.46 bits per heavy atom. The number of rotatable bonds is 1. The molecular formula is C7H4BrCl2NO2. The highest BCUT2D eigenvalue weighted by Crippen LogP contribution is 2.38. The number of halogens is 3. The third kappa shape index (κ3) is 1.95. The highest BCUT2D eigenvalue weighted by atomic mass is 79.9. The smallest absolute Gasteiger partial charge is 0.258 e. The molecule has 0 spiro atoms. The average Bonchev–Trinajstić information content (AvgIpc) is 2.07. The second-order valence-electron chi connectivity index (χ2n) is 2.39. The van der Waals surface area contributed by atoms with Crippen LogP contribution in [0.1, 0.15) is 5.56 Å². The van der Waals surface area contributed by atoms with Crippen molar-refractivity contribution in [3.63, 3.8) is 0 Å². The lowest BCUT2D eigenvalue weighted by molar-refractivity contribution is -0.384. The van der Waals surface area contributed by atoms with Gasteiger partial charge in [0.05, 0.1) is 9.95 Å². The van der Waals surface area contributed by atoms with Gasteiger partial charge in [-0.1, -0.05) is 39.1 Å². The molecule has 0 saturated carbocycles. The van der Waals surface area contributed by atoms with E-state index in [0.717, 1.165) is 0 Å². The summed E-state index contributed by atoms with van der Waals surface area (Å²) < 4.78 is 0.577. The third-order valence-electron chi connectivity index (χ3n) is 1.57. The van der Waals surface area contributed by atoms with Crippen molar-refractivity contribution in [2.24, 2.45) is 0 Å². The van der Waals surface area contributed by atoms with Crippen LogP contribution in [0.3, 0.4) is 0 Å². The summed E-state index contributed by atoms with van der Waals surface area (Å²) in [7, 11) is 0. The van der Waals surface area contributed by atoms with Crippen molar-refractivity contribution >= 4 is 44.8 Å². The van der Waals surface area contributed by atoms with E-state index < -0.39 is 4.92 Å². The quantitative estimate of drug-likeness (QED) is 0.445. The molecule has 0 saturated heterocycles. The second-order valence-corrected chi connectivity index (χ2v) is 4.00. The van der Waals surface area contributed by atoms with Crippen LogP contribution in [0.15, 0.2) is 10.5 Å². The van der Waals surface area contributed by atoms with Crippen molar-refractivity contribution in [2.45, 2.75) is 6.92 Å². The zero-order valence-corrected chi connectivity index (χ0v) is 9.57. The molecule has 1 rings (SSSR count). The molecular weight excluding hydrogens is 281 g/mol. The zero-order valence-electron chi connectivity index (χ0n) is 6.47. The maximum Gasteiger partial charge on any atom is 0.290 e. The molecule has 70 valence electrons. The molecule has 13 heavy (non-hydrogen) atoms. The molecule has 0 N–H and O–H groups in total. The van der Waals surface area contributed by atoms with E-state index in [2.05, 4.69) is 15.9 Å². The Morgan fingerprint density at radius 1 is 1.46 bits per heavy atom. The first-order valence-electron chi connectivity index (χ1n) is 3.23. The molecule has 0 aliphatic carbocycles. The fourth-order valence-corrected chi connectivity index (χ4v) is 1.80. The van der Waals surface area contributed by atoms with E-state index in [1.165, 1.54) is 6.07 Å². The molecule has 0 radical (unpaired) electrons. The van der Waals surface area contributed by atoms with Crippen LogP contribution in [0.25, 0.3) is 0 Å². The van der Waals surface area contributed by atoms with Crippen molar-refractivity contribution in [2.75, 3.05) is 0 Å². The molecule has 3 nitrogen and oxygen atoms in total. The summed E-state index contributed by atoms with van der Waals surface area (Å²) in [5, 5.41) is 10.7. The third-order valence-corrected chi connectivity index (χ3v) is 3.34. The predicted octanol–water partition coefficient (Wildman–Crippen LogP) is 3.97. The fourth-order valence-electron chi connectivity index (χ4n) is 0.806. The molecule has 0 aromatic heterocycles. The van der Waals surface area contributed by atoms with E-state index in [-0.39, 0.29) is 15.7 Å². The van der Waals surface area contributed by atoms with Gasteiger partial charge in [-0.15, -0.1) is 0 Å². The minimum atomic E-state index is -0.571. The molecule has 0 bridgehead atoms. The maximum absolute atomic E-state index is 10.5. The van der Waals surface area contributed by atoms with Gasteiger partial charge in [0.15, 0.2) is 0 Å². The summed E-state index contributed by atoms with van der Waals surface area (Å²) >= 11 is 14.6. The van der Waals surface area contributed by atoms with Crippen LogP contribution in [0.5, 0.6) is 0 Å². The van der Waals surface area contributed by atoms with Crippen LogP contribution >= 0.6 is 39.1 Å². The molecule has 0 unspecified atom stereocenters. The monoisotopic (exact) mass is 283 g/mol. The summed E-state index contributed by atoms with van der Waals surface area (Å²) in [6, 6.07) is 1.34. The van der Waals surface area contributed by atoms with E-state index in [9.17, 15) is 10.1 Å². The standard InChI is InChI=1S/C7H4BrCl2NO2/c1-3-4(8)2-5(11(12)13)7(10)6(3)9/h2H,1H3. The molecule has 0 fully saturated rings. The molecule has 0 heterocycles. The minimum Gasteiger partial charge on any atom is -0.258 e. The SMILES string of the molecule is Cc1c(Br)cc([N+](=O)[O-])c(Cl)c1Cl. The van der Waals surface area contributed by atoms with Crippen LogP contribution < -0.4 is 0 Å². The lowest BCUT2D eigenvalue weighted by Crippen LogP contribution is -1.91. The lowest BCUT2D eigenvalue weighted by atomic mass is 10.2. The highest BCUT2D eigenvalue weighted by molar-refractivity contribution is 9.10. The number of nitro benzene ring substituents is 1. The Labute approximate surface area is 92.9 Å². The Bertz CT molecular complexity index is 381. The van der Waals surface area contributed by atoms with Gasteiger partial charge in [-0.3, -0.25) is 10.1 Å². The fraction of sp³-hybridized carbons (Fsp3) is 0.143. The van der Waals surface area contributed by atoms with Gasteiger partial charge in [-0.2, -0.15) is 0 Å². The number of nitrogens with zero attached hydrogens (tertiary/aromatic N) is 1. The highest BCUT2D eigenvalue weighted by Gasteiger charge is 2.19. The van der Waals surface area contributed by atoms with Gasteiger partial charge in [0.1, 0.15) is 5.02 Å². The topological polar surface area (TPSA) is 43.1 Å². The first-order valence-corrected chi connectivity index (χ1v) is 4.78. The number of hydrogen-bond donors (Lipinski definition) is 0. The molecule has 0 aliphatic rings. The normalized spacial score (nSPS) is 10.2. The minimum absolute atomic E-state index is 0.0210. The largest absolute Gasteiger partial charge is 0.290 e. The van der Waals surface area contributed by atoms with Gasteiger partial charge in [-0.25, -0.2) is 0 Å². The molecule has 1 aromatic carbocycles. The maximum atomic E-state index is 10.5. The molecule has 0 atom stereocenters. The van der Waals surface area contributed by atoms with E-state index in [4.69, 9.17) is 23.2 Å². The summed E-state index contributed by atoms with van der Waals surface area (Å²) in [5.41, 5.74) is 0.501. The van der Waals surface area contributed by atoms with E-state index >= 15 is 0 Å². The predicted molar refractivity (Wildman–Crippen MR) is 55.6 cm³/mol. The van der Waals surface area contributed by atoms with Gasteiger partial charge < -0.3 is 0 Å². The van der Waals surface area contributed by atoms with E-state index in [0.29, 0.717) is 10.0 Å². The molecule has 0 aliphatic heterocycles. The molecule has 0 amide bonds. The number of hydrogen-bond acceptors (Lipinski definition) is 2. The average molecular weight is 285 g/mol. The summed E-state index contributed by atoms with van der Waals surface area (Å²) in [4.78, 5) is 9.91. The summed E-state index contributed by atoms with van der Waals surface area (Å²) in [6.07, 6.45) is 0. The van der Waals surface area contributed by atoms with Crippen LogP contribution in [0.4, 0.5) is 5.69 Å². The van der Waals surface area contributed by atoms with Crippen molar-refractivity contribution in [3.8, 4) is 0 Å². The van der Waals surface area contributed by atoms with Gasteiger partial charge >= 0.3 is 0 Å². The van der Waals surface area contributed by atoms with Crippen LogP contribution in [-0.4, -0.2) is 4.92 Å². The summed E-state index contributed by atoms with van der Waals surface area (Å²) in [5.74, 6) is 0. The Hall–Kier alpha value is -0.320. The van der Waals surface area contributed by atoms with E-state index in [1.807, 2.05) is 0 Å². The first-order chi connectivity index (χ1) is 5.95. The number of benzene rings is 1. The zero-order chi connectivity index (χ0) is 10.2. The summed E-state index contributed by atoms with van der Waals surface area (Å²) in [6.45, 7) is 1.72. The second kappa shape index (κ2) is 3.82. The molecule has 1 aromatic rings. The van der Waals surface area contributed by atoms with Crippen molar-refractivity contribution in [1.29, 1.82) is 0 Å². The van der Waals surface area contributed by atoms with E-state index in [1.54, 1.807) is 6.92 Å². The van der Waals surface area contributed by atoms with Gasteiger partial charge in [-0.05, 0) is 12.5 Å². The van der Waals surface area contributed by atoms with Crippen molar-refractivity contribution in [3.05, 3.63) is 36.3 Å². The van der Waals surface area contributed by atoms with Gasteiger partial charge in [0.2, 0.25) is 0 Å². The van der Waals surface area contributed by atoms with Crippen LogP contribution in [0, 0.1) is 17.0 Å². The molecule has 6 heteroatoms. The van der Waals surface area contributed by atoms with Gasteiger partial charge in [0, 0.05) is 10.5 Å². The van der Waals surface area contributed by atoms with Crippen LogP contribution in [0.2, 0.25) is 10.0 Å². The van der Waals surface area contributed by atoms with Gasteiger partial charge in [0.25, 0.3) is 5.69 Å². The lowest BCUT2D eigenvalue weighted by Gasteiger charge is -2.03.